The lowest BCUT2D eigenvalue weighted by Crippen LogP contribution is -2.50. The van der Waals surface area contributed by atoms with E-state index in [0.29, 0.717) is 13.0 Å². The molecule has 0 spiro atoms. The van der Waals surface area contributed by atoms with E-state index in [1.54, 1.807) is 0 Å². The molecule has 1 unspecified atom stereocenters. The van der Waals surface area contributed by atoms with Gasteiger partial charge in [-0.25, -0.2) is 4.79 Å². The number of carbonyl (C=O) groups is 1. The molecular formula is C16H26N2O2. The quantitative estimate of drug-likeness (QED) is 0.764. The third-order valence-corrected chi connectivity index (χ3v) is 3.74. The first kappa shape index (κ1) is 16.7. The number of hydrogen-bond acceptors (Lipinski definition) is 3. The number of hydrogen-bond donors (Lipinski definition) is 2. The highest BCUT2D eigenvalue weighted by Crippen LogP contribution is 2.26. The molecule has 0 radical (unpaired) electrons. The van der Waals surface area contributed by atoms with Crippen molar-refractivity contribution in [1.82, 2.24) is 10.2 Å². The van der Waals surface area contributed by atoms with Crippen molar-refractivity contribution in [2.75, 3.05) is 27.2 Å². The summed E-state index contributed by atoms with van der Waals surface area (Å²) in [7, 11) is 3.96. The molecule has 4 nitrogen and oxygen atoms in total. The van der Waals surface area contributed by atoms with Crippen molar-refractivity contribution in [3.63, 3.8) is 0 Å². The van der Waals surface area contributed by atoms with E-state index in [1.807, 2.05) is 50.2 Å². The van der Waals surface area contributed by atoms with Gasteiger partial charge >= 0.3 is 5.97 Å². The Morgan fingerprint density at radius 1 is 1.25 bits per heavy atom. The van der Waals surface area contributed by atoms with Crippen molar-refractivity contribution in [3.05, 3.63) is 35.4 Å². The van der Waals surface area contributed by atoms with Gasteiger partial charge in [-0.05, 0) is 38.1 Å². The summed E-state index contributed by atoms with van der Waals surface area (Å²) in [6.45, 7) is 5.45. The van der Waals surface area contributed by atoms with Crippen molar-refractivity contribution >= 4 is 5.97 Å². The second-order valence-corrected chi connectivity index (χ2v) is 5.34. The lowest BCUT2D eigenvalue weighted by molar-refractivity contribution is -0.145. The van der Waals surface area contributed by atoms with Crippen LogP contribution in [0.1, 0.15) is 31.4 Å². The van der Waals surface area contributed by atoms with E-state index in [-0.39, 0.29) is 0 Å². The van der Waals surface area contributed by atoms with Gasteiger partial charge in [0.2, 0.25) is 0 Å². The number of rotatable bonds is 8. The second kappa shape index (κ2) is 7.41. The molecule has 4 heteroatoms. The van der Waals surface area contributed by atoms with Gasteiger partial charge in [-0.3, -0.25) is 5.32 Å². The number of carboxylic acid groups (broad SMARTS) is 1. The van der Waals surface area contributed by atoms with Gasteiger partial charge in [0.1, 0.15) is 5.54 Å². The van der Waals surface area contributed by atoms with Gasteiger partial charge in [0.25, 0.3) is 0 Å². The molecule has 0 bridgehead atoms. The number of likely N-dealkylation sites (N-methyl/N-ethyl adjacent to an activating group) is 1. The van der Waals surface area contributed by atoms with Gasteiger partial charge in [0, 0.05) is 13.1 Å². The molecular weight excluding hydrogens is 252 g/mol. The zero-order chi connectivity index (χ0) is 15.2. The van der Waals surface area contributed by atoms with Crippen LogP contribution in [-0.2, 0) is 16.8 Å². The molecule has 0 aromatic heterocycles. The van der Waals surface area contributed by atoms with Crippen LogP contribution in [-0.4, -0.2) is 43.2 Å². The molecule has 0 saturated heterocycles. The number of aryl methyl sites for hydroxylation is 1. The Bertz CT molecular complexity index is 429. The molecule has 0 heterocycles. The lowest BCUT2D eigenvalue weighted by Gasteiger charge is -2.31. The Morgan fingerprint density at radius 3 is 2.25 bits per heavy atom. The molecule has 2 N–H and O–H groups in total. The normalized spacial score (nSPS) is 14.2. The van der Waals surface area contributed by atoms with Crippen LogP contribution in [0.3, 0.4) is 0 Å². The van der Waals surface area contributed by atoms with Gasteiger partial charge in [-0.1, -0.05) is 38.1 Å². The number of nitrogens with zero attached hydrogens (tertiary/aromatic N) is 1. The Kier molecular flexibility index (Phi) is 6.17. The van der Waals surface area contributed by atoms with E-state index in [4.69, 9.17) is 0 Å². The van der Waals surface area contributed by atoms with Crippen molar-refractivity contribution in [3.8, 4) is 0 Å². The van der Waals surface area contributed by atoms with Crippen molar-refractivity contribution in [2.24, 2.45) is 0 Å². The third kappa shape index (κ3) is 3.81. The summed E-state index contributed by atoms with van der Waals surface area (Å²) in [5.41, 5.74) is 1.04. The van der Waals surface area contributed by atoms with Crippen LogP contribution in [0.4, 0.5) is 0 Å². The predicted octanol–water partition coefficient (Wildman–Crippen LogP) is 2.09. The predicted molar refractivity (Wildman–Crippen MR) is 82.0 cm³/mol. The Hall–Kier alpha value is -1.39. The SMILES string of the molecule is CCc1ccc(C(CC)(NCCN(C)C)C(=O)O)cc1. The van der Waals surface area contributed by atoms with Gasteiger partial charge in [0.15, 0.2) is 0 Å². The highest BCUT2D eigenvalue weighted by Gasteiger charge is 2.37. The molecule has 0 aliphatic carbocycles. The minimum absolute atomic E-state index is 0.515. The Balaban J connectivity index is 2.99. The minimum Gasteiger partial charge on any atom is -0.480 e. The Morgan fingerprint density at radius 2 is 1.85 bits per heavy atom. The fraction of sp³-hybridized carbons (Fsp3) is 0.562. The molecule has 0 aliphatic rings. The van der Waals surface area contributed by atoms with Crippen LogP contribution in [0, 0.1) is 0 Å². The Labute approximate surface area is 121 Å². The van der Waals surface area contributed by atoms with Gasteiger partial charge in [0.05, 0.1) is 0 Å². The standard InChI is InChI=1S/C16H26N2O2/c1-5-13-7-9-14(10-8-13)16(6-2,15(19)20)17-11-12-18(3)4/h7-10,17H,5-6,11-12H2,1-4H3,(H,19,20). The number of nitrogens with one attached hydrogen (secondary N) is 1. The van der Waals surface area contributed by atoms with Crippen molar-refractivity contribution in [1.29, 1.82) is 0 Å². The third-order valence-electron chi connectivity index (χ3n) is 3.74. The molecule has 1 aromatic carbocycles. The molecule has 1 aromatic rings. The summed E-state index contributed by atoms with van der Waals surface area (Å²) >= 11 is 0. The van der Waals surface area contributed by atoms with Crippen LogP contribution < -0.4 is 5.32 Å². The van der Waals surface area contributed by atoms with Crippen LogP contribution in [0.25, 0.3) is 0 Å². The zero-order valence-corrected chi connectivity index (χ0v) is 12.9. The molecule has 1 rings (SSSR count). The highest BCUT2D eigenvalue weighted by atomic mass is 16.4. The molecule has 1 atom stereocenters. The van der Waals surface area contributed by atoms with E-state index in [9.17, 15) is 9.90 Å². The first-order chi connectivity index (χ1) is 9.46. The number of aliphatic carboxylic acids is 1. The van der Waals surface area contributed by atoms with Crippen LogP contribution in [0.2, 0.25) is 0 Å². The van der Waals surface area contributed by atoms with Gasteiger partial charge in [-0.15, -0.1) is 0 Å². The zero-order valence-electron chi connectivity index (χ0n) is 12.9. The van der Waals surface area contributed by atoms with E-state index in [1.165, 1.54) is 5.56 Å². The molecule has 0 amide bonds. The van der Waals surface area contributed by atoms with Gasteiger partial charge in [-0.2, -0.15) is 0 Å². The van der Waals surface area contributed by atoms with Crippen molar-refractivity contribution < 1.29 is 9.90 Å². The van der Waals surface area contributed by atoms with Crippen LogP contribution >= 0.6 is 0 Å². The first-order valence-electron chi connectivity index (χ1n) is 7.18. The van der Waals surface area contributed by atoms with Gasteiger partial charge < -0.3 is 10.0 Å². The summed E-state index contributed by atoms with van der Waals surface area (Å²) in [6.07, 6.45) is 1.47. The highest BCUT2D eigenvalue weighted by molar-refractivity contribution is 5.80. The average molecular weight is 278 g/mol. The average Bonchev–Trinajstić information content (AvgIpc) is 2.43. The summed E-state index contributed by atoms with van der Waals surface area (Å²) < 4.78 is 0. The maximum Gasteiger partial charge on any atom is 0.328 e. The van der Waals surface area contributed by atoms with Crippen LogP contribution in [0.15, 0.2) is 24.3 Å². The van der Waals surface area contributed by atoms with E-state index in [2.05, 4.69) is 12.2 Å². The molecule has 0 aliphatic heterocycles. The molecule has 20 heavy (non-hydrogen) atoms. The van der Waals surface area contributed by atoms with Crippen LogP contribution in [0.5, 0.6) is 0 Å². The topological polar surface area (TPSA) is 52.6 Å². The van der Waals surface area contributed by atoms with E-state index >= 15 is 0 Å². The van der Waals surface area contributed by atoms with E-state index in [0.717, 1.165) is 18.5 Å². The molecule has 112 valence electrons. The smallest absolute Gasteiger partial charge is 0.328 e. The fourth-order valence-corrected chi connectivity index (χ4v) is 2.30. The summed E-state index contributed by atoms with van der Waals surface area (Å²) in [6, 6.07) is 7.88. The lowest BCUT2D eigenvalue weighted by atomic mass is 9.86. The van der Waals surface area contributed by atoms with Crippen molar-refractivity contribution in [2.45, 2.75) is 32.2 Å². The number of benzene rings is 1. The molecule has 0 saturated carbocycles. The largest absolute Gasteiger partial charge is 0.480 e. The summed E-state index contributed by atoms with van der Waals surface area (Å²) in [5, 5.41) is 12.9. The first-order valence-corrected chi connectivity index (χ1v) is 7.18. The summed E-state index contributed by atoms with van der Waals surface area (Å²) in [5.74, 6) is -0.817. The number of carboxylic acids is 1. The summed E-state index contributed by atoms with van der Waals surface area (Å²) in [4.78, 5) is 13.8. The molecule has 0 fully saturated rings. The maximum absolute atomic E-state index is 11.8. The fourth-order valence-electron chi connectivity index (χ4n) is 2.30. The monoisotopic (exact) mass is 278 g/mol. The maximum atomic E-state index is 11.8. The minimum atomic E-state index is -0.998. The van der Waals surface area contributed by atoms with E-state index < -0.39 is 11.5 Å². The second-order valence-electron chi connectivity index (χ2n) is 5.34.